The minimum Gasteiger partial charge on any atom is -0.314 e. The molecule has 0 aliphatic carbocycles. The van der Waals surface area contributed by atoms with Crippen LogP contribution in [0.25, 0.3) is 10.7 Å². The van der Waals surface area contributed by atoms with Crippen molar-refractivity contribution in [2.24, 2.45) is 0 Å². The summed E-state index contributed by atoms with van der Waals surface area (Å²) in [5.41, 5.74) is 3.47. The summed E-state index contributed by atoms with van der Waals surface area (Å²) in [5, 5.41) is 5.50. The van der Waals surface area contributed by atoms with Gasteiger partial charge in [-0.25, -0.2) is 9.97 Å². The summed E-state index contributed by atoms with van der Waals surface area (Å²) in [7, 11) is 0. The first kappa shape index (κ1) is 14.2. The van der Waals surface area contributed by atoms with Crippen molar-refractivity contribution in [2.45, 2.75) is 40.2 Å². The predicted octanol–water partition coefficient (Wildman–Crippen LogP) is 3.36. The molecule has 0 aliphatic heterocycles. The summed E-state index contributed by atoms with van der Waals surface area (Å²) < 4.78 is 0. The summed E-state index contributed by atoms with van der Waals surface area (Å²) in [6.07, 6.45) is 0.987. The third-order valence-corrected chi connectivity index (χ3v) is 3.96. The van der Waals surface area contributed by atoms with Crippen molar-refractivity contribution in [1.29, 1.82) is 0 Å². The van der Waals surface area contributed by atoms with Gasteiger partial charge in [0.25, 0.3) is 0 Å². The lowest BCUT2D eigenvalue weighted by atomic mass is 10.1. The van der Waals surface area contributed by atoms with Crippen molar-refractivity contribution in [3.8, 4) is 10.7 Å². The van der Waals surface area contributed by atoms with Gasteiger partial charge in [-0.15, -0.1) is 11.3 Å². The number of hydrogen-bond donors (Lipinski definition) is 1. The standard InChI is InChI=1S/C15H21N3S/c1-10(2)16-8-7-13-11(3)17-15(18-12(13)4)14-6-5-9-19-14/h5-6,9-10,16H,7-8H2,1-4H3. The molecule has 3 nitrogen and oxygen atoms in total. The van der Waals surface area contributed by atoms with Crippen LogP contribution >= 0.6 is 11.3 Å². The van der Waals surface area contributed by atoms with Crippen LogP contribution in [-0.4, -0.2) is 22.6 Å². The van der Waals surface area contributed by atoms with Crippen molar-refractivity contribution in [1.82, 2.24) is 15.3 Å². The van der Waals surface area contributed by atoms with E-state index in [9.17, 15) is 0 Å². The Balaban J connectivity index is 2.18. The average molecular weight is 275 g/mol. The van der Waals surface area contributed by atoms with E-state index in [1.807, 2.05) is 6.07 Å². The van der Waals surface area contributed by atoms with Crippen molar-refractivity contribution in [2.75, 3.05) is 6.54 Å². The number of aromatic nitrogens is 2. The molecule has 0 aliphatic rings. The Hall–Kier alpha value is -1.26. The van der Waals surface area contributed by atoms with Gasteiger partial charge < -0.3 is 5.32 Å². The lowest BCUT2D eigenvalue weighted by Gasteiger charge is -2.12. The molecule has 2 heterocycles. The largest absolute Gasteiger partial charge is 0.314 e. The number of thiophene rings is 1. The fraction of sp³-hybridized carbons (Fsp3) is 0.467. The molecule has 0 amide bonds. The third-order valence-electron chi connectivity index (χ3n) is 3.09. The molecule has 2 aromatic rings. The van der Waals surface area contributed by atoms with Gasteiger partial charge in [-0.1, -0.05) is 19.9 Å². The molecular weight excluding hydrogens is 254 g/mol. The number of aryl methyl sites for hydroxylation is 2. The van der Waals surface area contributed by atoms with E-state index in [1.165, 1.54) is 5.56 Å². The fourth-order valence-corrected chi connectivity index (χ4v) is 2.76. The smallest absolute Gasteiger partial charge is 0.169 e. The van der Waals surface area contributed by atoms with Crippen LogP contribution in [0.1, 0.15) is 30.8 Å². The molecule has 0 bridgehead atoms. The molecule has 0 atom stereocenters. The second kappa shape index (κ2) is 6.26. The van der Waals surface area contributed by atoms with E-state index in [4.69, 9.17) is 0 Å². The van der Waals surface area contributed by atoms with Gasteiger partial charge in [-0.05, 0) is 43.8 Å². The Morgan fingerprint density at radius 3 is 2.42 bits per heavy atom. The van der Waals surface area contributed by atoms with Crippen molar-refractivity contribution in [3.63, 3.8) is 0 Å². The Morgan fingerprint density at radius 1 is 1.21 bits per heavy atom. The zero-order valence-corrected chi connectivity index (χ0v) is 12.8. The van der Waals surface area contributed by atoms with Crippen LogP contribution in [0.15, 0.2) is 17.5 Å². The Labute approximate surface area is 119 Å². The predicted molar refractivity (Wildman–Crippen MR) is 81.7 cm³/mol. The minimum absolute atomic E-state index is 0.520. The summed E-state index contributed by atoms with van der Waals surface area (Å²) in [6.45, 7) is 9.46. The molecule has 0 saturated heterocycles. The number of hydrogen-bond acceptors (Lipinski definition) is 4. The zero-order chi connectivity index (χ0) is 13.8. The van der Waals surface area contributed by atoms with Gasteiger partial charge in [0, 0.05) is 17.4 Å². The van der Waals surface area contributed by atoms with Crippen molar-refractivity contribution in [3.05, 3.63) is 34.5 Å². The monoisotopic (exact) mass is 275 g/mol. The highest BCUT2D eigenvalue weighted by Crippen LogP contribution is 2.23. The van der Waals surface area contributed by atoms with Gasteiger partial charge in [0.1, 0.15) is 0 Å². The molecule has 0 unspecified atom stereocenters. The lowest BCUT2D eigenvalue weighted by Crippen LogP contribution is -2.25. The minimum atomic E-state index is 0.520. The molecule has 4 heteroatoms. The molecule has 2 aromatic heterocycles. The molecule has 0 fully saturated rings. The number of nitrogens with one attached hydrogen (secondary N) is 1. The van der Waals surface area contributed by atoms with E-state index < -0.39 is 0 Å². The van der Waals surface area contributed by atoms with E-state index in [2.05, 4.69) is 54.4 Å². The maximum Gasteiger partial charge on any atom is 0.169 e. The normalized spacial score (nSPS) is 11.2. The summed E-state index contributed by atoms with van der Waals surface area (Å²) in [6, 6.07) is 4.62. The van der Waals surface area contributed by atoms with Gasteiger partial charge in [-0.2, -0.15) is 0 Å². The van der Waals surface area contributed by atoms with Crippen LogP contribution in [0.5, 0.6) is 0 Å². The van der Waals surface area contributed by atoms with Crippen LogP contribution in [0.2, 0.25) is 0 Å². The summed E-state index contributed by atoms with van der Waals surface area (Å²) >= 11 is 1.68. The fourth-order valence-electron chi connectivity index (χ4n) is 2.10. The molecule has 2 rings (SSSR count). The molecule has 1 N–H and O–H groups in total. The lowest BCUT2D eigenvalue weighted by molar-refractivity contribution is 0.588. The third kappa shape index (κ3) is 3.61. The SMILES string of the molecule is Cc1nc(-c2cccs2)nc(C)c1CCNC(C)C. The molecule has 0 saturated carbocycles. The summed E-state index contributed by atoms with van der Waals surface area (Å²) in [4.78, 5) is 10.4. The molecule has 19 heavy (non-hydrogen) atoms. The van der Waals surface area contributed by atoms with Crippen LogP contribution in [0, 0.1) is 13.8 Å². The molecule has 0 radical (unpaired) electrons. The quantitative estimate of drug-likeness (QED) is 0.909. The van der Waals surface area contributed by atoms with Gasteiger partial charge in [0.15, 0.2) is 5.82 Å². The Morgan fingerprint density at radius 2 is 1.89 bits per heavy atom. The van der Waals surface area contributed by atoms with Gasteiger partial charge in [0.2, 0.25) is 0 Å². The van der Waals surface area contributed by atoms with Gasteiger partial charge in [0.05, 0.1) is 4.88 Å². The van der Waals surface area contributed by atoms with Crippen molar-refractivity contribution >= 4 is 11.3 Å². The van der Waals surface area contributed by atoms with Crippen LogP contribution in [0.4, 0.5) is 0 Å². The van der Waals surface area contributed by atoms with Crippen molar-refractivity contribution < 1.29 is 0 Å². The highest BCUT2D eigenvalue weighted by Gasteiger charge is 2.10. The maximum atomic E-state index is 4.65. The van der Waals surface area contributed by atoms with E-state index in [0.29, 0.717) is 6.04 Å². The van der Waals surface area contributed by atoms with Crippen LogP contribution in [0.3, 0.4) is 0 Å². The first-order valence-corrected chi connectivity index (χ1v) is 7.57. The Kier molecular flexibility index (Phi) is 4.66. The van der Waals surface area contributed by atoms with E-state index in [1.54, 1.807) is 11.3 Å². The topological polar surface area (TPSA) is 37.8 Å². The molecular formula is C15H21N3S. The summed E-state index contributed by atoms with van der Waals surface area (Å²) in [5.74, 6) is 0.852. The first-order chi connectivity index (χ1) is 9.08. The number of rotatable bonds is 5. The zero-order valence-electron chi connectivity index (χ0n) is 12.0. The van der Waals surface area contributed by atoms with Crippen LogP contribution in [-0.2, 0) is 6.42 Å². The Bertz CT molecular complexity index is 509. The average Bonchev–Trinajstić information content (AvgIpc) is 2.85. The second-order valence-electron chi connectivity index (χ2n) is 5.03. The van der Waals surface area contributed by atoms with E-state index in [-0.39, 0.29) is 0 Å². The number of nitrogens with zero attached hydrogens (tertiary/aromatic N) is 2. The van der Waals surface area contributed by atoms with Crippen LogP contribution < -0.4 is 5.32 Å². The van der Waals surface area contributed by atoms with E-state index in [0.717, 1.165) is 35.1 Å². The molecule has 0 spiro atoms. The molecule has 0 aromatic carbocycles. The van der Waals surface area contributed by atoms with Gasteiger partial charge >= 0.3 is 0 Å². The highest BCUT2D eigenvalue weighted by atomic mass is 32.1. The first-order valence-electron chi connectivity index (χ1n) is 6.69. The highest BCUT2D eigenvalue weighted by molar-refractivity contribution is 7.13. The van der Waals surface area contributed by atoms with Gasteiger partial charge in [-0.3, -0.25) is 0 Å². The maximum absolute atomic E-state index is 4.65. The van der Waals surface area contributed by atoms with E-state index >= 15 is 0 Å². The molecule has 102 valence electrons. The second-order valence-corrected chi connectivity index (χ2v) is 5.98.